The van der Waals surface area contributed by atoms with Gasteiger partial charge in [-0.1, -0.05) is 0 Å². The minimum absolute atomic E-state index is 0.140. The van der Waals surface area contributed by atoms with E-state index in [1.807, 2.05) is 11.6 Å². The van der Waals surface area contributed by atoms with Crippen molar-refractivity contribution in [2.75, 3.05) is 0 Å². The summed E-state index contributed by atoms with van der Waals surface area (Å²) in [6, 6.07) is 6.53. The van der Waals surface area contributed by atoms with Crippen LogP contribution in [0.25, 0.3) is 11.3 Å². The van der Waals surface area contributed by atoms with E-state index in [4.69, 9.17) is 0 Å². The summed E-state index contributed by atoms with van der Waals surface area (Å²) in [5.41, 5.74) is 2.91. The Balaban J connectivity index is 1.88. The average Bonchev–Trinajstić information content (AvgIpc) is 2.77. The van der Waals surface area contributed by atoms with E-state index in [1.165, 1.54) is 12.1 Å². The monoisotopic (exact) mass is 366 g/mol. The standard InChI is InChI=1S/C17H20BrFN2O/c1-11-16(18)17(13-4-6-14(19)7-5-13)21(20-11)10-12-2-8-15(22)9-3-12/h4-7,12,15,22H,2-3,8-10H2,1H3. The number of nitrogens with zero attached hydrogens (tertiary/aromatic N) is 2. The van der Waals surface area contributed by atoms with Gasteiger partial charge in [-0.2, -0.15) is 5.10 Å². The number of aryl methyl sites for hydroxylation is 1. The lowest BCUT2D eigenvalue weighted by Gasteiger charge is -2.25. The predicted molar refractivity (Wildman–Crippen MR) is 88.0 cm³/mol. The highest BCUT2D eigenvalue weighted by Gasteiger charge is 2.22. The van der Waals surface area contributed by atoms with E-state index in [0.29, 0.717) is 5.92 Å². The zero-order valence-corrected chi connectivity index (χ0v) is 14.2. The molecule has 3 nitrogen and oxygen atoms in total. The molecule has 0 bridgehead atoms. The van der Waals surface area contributed by atoms with Crippen molar-refractivity contribution in [3.8, 4) is 11.3 Å². The maximum atomic E-state index is 13.2. The minimum Gasteiger partial charge on any atom is -0.393 e. The second-order valence-electron chi connectivity index (χ2n) is 6.11. The fourth-order valence-corrected chi connectivity index (χ4v) is 3.66. The quantitative estimate of drug-likeness (QED) is 0.878. The van der Waals surface area contributed by atoms with Crippen LogP contribution in [0.3, 0.4) is 0 Å². The van der Waals surface area contributed by atoms with E-state index in [1.54, 1.807) is 12.1 Å². The first-order valence-electron chi connectivity index (χ1n) is 7.71. The highest BCUT2D eigenvalue weighted by atomic mass is 79.9. The number of aliphatic hydroxyl groups is 1. The van der Waals surface area contributed by atoms with E-state index in [0.717, 1.165) is 53.7 Å². The van der Waals surface area contributed by atoms with Gasteiger partial charge in [-0.3, -0.25) is 4.68 Å². The van der Waals surface area contributed by atoms with E-state index < -0.39 is 0 Å². The first-order chi connectivity index (χ1) is 10.5. The second-order valence-corrected chi connectivity index (χ2v) is 6.90. The maximum absolute atomic E-state index is 13.2. The molecule has 1 heterocycles. The maximum Gasteiger partial charge on any atom is 0.123 e. The van der Waals surface area contributed by atoms with Crippen LogP contribution in [0.2, 0.25) is 0 Å². The summed E-state index contributed by atoms with van der Waals surface area (Å²) in [5.74, 6) is 0.303. The van der Waals surface area contributed by atoms with Crippen molar-refractivity contribution in [1.29, 1.82) is 0 Å². The molecule has 1 aromatic heterocycles. The van der Waals surface area contributed by atoms with Crippen molar-refractivity contribution in [2.24, 2.45) is 5.92 Å². The molecule has 5 heteroatoms. The molecule has 1 fully saturated rings. The average molecular weight is 367 g/mol. The molecule has 1 aromatic carbocycles. The highest BCUT2D eigenvalue weighted by Crippen LogP contribution is 2.33. The minimum atomic E-state index is -0.232. The Morgan fingerprint density at radius 1 is 1.23 bits per heavy atom. The van der Waals surface area contributed by atoms with Crippen LogP contribution in [0, 0.1) is 18.7 Å². The Bertz CT molecular complexity index is 645. The molecular weight excluding hydrogens is 347 g/mol. The molecule has 118 valence electrons. The fourth-order valence-electron chi connectivity index (χ4n) is 3.15. The third-order valence-corrected chi connectivity index (χ3v) is 5.37. The molecular formula is C17H20BrFN2O. The third kappa shape index (κ3) is 3.25. The normalized spacial score (nSPS) is 22.0. The van der Waals surface area contributed by atoms with Gasteiger partial charge >= 0.3 is 0 Å². The molecule has 0 spiro atoms. The lowest BCUT2D eigenvalue weighted by Crippen LogP contribution is -2.22. The van der Waals surface area contributed by atoms with Crippen LogP contribution in [0.15, 0.2) is 28.7 Å². The largest absolute Gasteiger partial charge is 0.393 e. The number of halogens is 2. The Hall–Kier alpha value is -1.20. The Labute approximate surface area is 138 Å². The van der Waals surface area contributed by atoms with Crippen LogP contribution in [-0.4, -0.2) is 21.0 Å². The molecule has 1 N–H and O–H groups in total. The van der Waals surface area contributed by atoms with E-state index in [-0.39, 0.29) is 11.9 Å². The Morgan fingerprint density at radius 2 is 1.86 bits per heavy atom. The first-order valence-corrected chi connectivity index (χ1v) is 8.51. The summed E-state index contributed by atoms with van der Waals surface area (Å²) in [6.45, 7) is 2.81. The van der Waals surface area contributed by atoms with Crippen LogP contribution in [0.5, 0.6) is 0 Å². The van der Waals surface area contributed by atoms with Gasteiger partial charge in [-0.25, -0.2) is 4.39 Å². The molecule has 0 amide bonds. The van der Waals surface area contributed by atoms with E-state index in [9.17, 15) is 9.50 Å². The SMILES string of the molecule is Cc1nn(CC2CCC(O)CC2)c(-c2ccc(F)cc2)c1Br. The summed E-state index contributed by atoms with van der Waals surface area (Å²) in [7, 11) is 0. The zero-order valence-electron chi connectivity index (χ0n) is 12.6. The van der Waals surface area contributed by atoms with Crippen molar-refractivity contribution in [3.05, 3.63) is 40.2 Å². The van der Waals surface area contributed by atoms with Crippen LogP contribution in [-0.2, 0) is 6.54 Å². The van der Waals surface area contributed by atoms with Gasteiger partial charge in [0, 0.05) is 12.1 Å². The van der Waals surface area contributed by atoms with Gasteiger partial charge in [0.2, 0.25) is 0 Å². The number of aliphatic hydroxyl groups excluding tert-OH is 1. The molecule has 2 aromatic rings. The van der Waals surface area contributed by atoms with Crippen molar-refractivity contribution >= 4 is 15.9 Å². The fraction of sp³-hybridized carbons (Fsp3) is 0.471. The summed E-state index contributed by atoms with van der Waals surface area (Å²) < 4.78 is 16.2. The third-order valence-electron chi connectivity index (χ3n) is 4.42. The predicted octanol–water partition coefficient (Wildman–Crippen LogP) is 4.31. The number of aromatic nitrogens is 2. The molecule has 3 rings (SSSR count). The molecule has 0 unspecified atom stereocenters. The lowest BCUT2D eigenvalue weighted by atomic mass is 9.87. The van der Waals surface area contributed by atoms with Gasteiger partial charge < -0.3 is 5.11 Å². The van der Waals surface area contributed by atoms with Crippen molar-refractivity contribution < 1.29 is 9.50 Å². The zero-order chi connectivity index (χ0) is 15.7. The molecule has 1 saturated carbocycles. The summed E-state index contributed by atoms with van der Waals surface area (Å²) in [5, 5.41) is 14.3. The van der Waals surface area contributed by atoms with Gasteiger partial charge in [0.15, 0.2) is 0 Å². The molecule has 1 aliphatic carbocycles. The van der Waals surface area contributed by atoms with E-state index in [2.05, 4.69) is 21.0 Å². The Morgan fingerprint density at radius 3 is 2.50 bits per heavy atom. The molecule has 0 saturated heterocycles. The van der Waals surface area contributed by atoms with Gasteiger partial charge in [0.05, 0.1) is 22.0 Å². The lowest BCUT2D eigenvalue weighted by molar-refractivity contribution is 0.103. The van der Waals surface area contributed by atoms with Crippen molar-refractivity contribution in [1.82, 2.24) is 9.78 Å². The topological polar surface area (TPSA) is 38.0 Å². The second kappa shape index (κ2) is 6.50. The summed E-state index contributed by atoms with van der Waals surface area (Å²) >= 11 is 3.61. The van der Waals surface area contributed by atoms with Gasteiger partial charge in [0.1, 0.15) is 5.82 Å². The number of rotatable bonds is 3. The first kappa shape index (κ1) is 15.7. The van der Waals surface area contributed by atoms with Crippen molar-refractivity contribution in [3.63, 3.8) is 0 Å². The molecule has 0 atom stereocenters. The van der Waals surface area contributed by atoms with Crippen LogP contribution in [0.4, 0.5) is 4.39 Å². The van der Waals surface area contributed by atoms with Crippen molar-refractivity contribution in [2.45, 2.75) is 45.3 Å². The number of hydrogen-bond acceptors (Lipinski definition) is 2. The summed E-state index contributed by atoms with van der Waals surface area (Å²) in [4.78, 5) is 0. The van der Waals surface area contributed by atoms with Crippen LogP contribution >= 0.6 is 15.9 Å². The smallest absolute Gasteiger partial charge is 0.123 e. The molecule has 1 aliphatic rings. The van der Waals surface area contributed by atoms with Crippen LogP contribution in [0.1, 0.15) is 31.4 Å². The van der Waals surface area contributed by atoms with E-state index >= 15 is 0 Å². The Kier molecular flexibility index (Phi) is 4.64. The van der Waals surface area contributed by atoms with Crippen LogP contribution < -0.4 is 0 Å². The number of hydrogen-bond donors (Lipinski definition) is 1. The van der Waals surface area contributed by atoms with Gasteiger partial charge in [0.25, 0.3) is 0 Å². The molecule has 22 heavy (non-hydrogen) atoms. The van der Waals surface area contributed by atoms with Gasteiger partial charge in [-0.05, 0) is 78.7 Å². The number of benzene rings is 1. The molecule has 0 radical (unpaired) electrons. The summed E-state index contributed by atoms with van der Waals surface area (Å²) in [6.07, 6.45) is 3.66. The molecule has 0 aliphatic heterocycles. The highest BCUT2D eigenvalue weighted by molar-refractivity contribution is 9.10. The van der Waals surface area contributed by atoms with Gasteiger partial charge in [-0.15, -0.1) is 0 Å².